The monoisotopic (exact) mass is 348 g/mol. The van der Waals surface area contributed by atoms with Gasteiger partial charge in [0.25, 0.3) is 0 Å². The molecule has 0 amide bonds. The SMILES string of the molecule is CCCN(CC1CC1)c1cc(-n2cnc(Nc3ccccc3)n2)ccn1. The highest BCUT2D eigenvalue weighted by Crippen LogP contribution is 2.31. The number of anilines is 3. The van der Waals surface area contributed by atoms with E-state index in [-0.39, 0.29) is 0 Å². The maximum atomic E-state index is 4.59. The Balaban J connectivity index is 1.52. The molecule has 1 saturated carbocycles. The number of pyridine rings is 1. The first kappa shape index (κ1) is 16.6. The van der Waals surface area contributed by atoms with Gasteiger partial charge in [0.05, 0.1) is 5.69 Å². The van der Waals surface area contributed by atoms with Gasteiger partial charge >= 0.3 is 0 Å². The molecular formula is C20H24N6. The molecular weight excluding hydrogens is 324 g/mol. The molecule has 4 rings (SSSR count). The molecule has 0 unspecified atom stereocenters. The maximum absolute atomic E-state index is 4.59. The Morgan fingerprint density at radius 1 is 1.15 bits per heavy atom. The summed E-state index contributed by atoms with van der Waals surface area (Å²) in [6.45, 7) is 4.34. The van der Waals surface area contributed by atoms with E-state index in [4.69, 9.17) is 0 Å². The van der Waals surface area contributed by atoms with Crippen LogP contribution in [0.3, 0.4) is 0 Å². The van der Waals surface area contributed by atoms with Gasteiger partial charge in [0.15, 0.2) is 0 Å². The minimum absolute atomic E-state index is 0.581. The number of benzene rings is 1. The van der Waals surface area contributed by atoms with Crippen molar-refractivity contribution in [1.82, 2.24) is 19.7 Å². The summed E-state index contributed by atoms with van der Waals surface area (Å²) >= 11 is 0. The van der Waals surface area contributed by atoms with Crippen LogP contribution in [0.25, 0.3) is 5.69 Å². The topological polar surface area (TPSA) is 58.9 Å². The molecule has 0 spiro atoms. The minimum atomic E-state index is 0.581. The van der Waals surface area contributed by atoms with Crippen molar-refractivity contribution in [2.24, 2.45) is 5.92 Å². The third-order valence-electron chi connectivity index (χ3n) is 4.51. The Morgan fingerprint density at radius 2 is 2.00 bits per heavy atom. The average Bonchev–Trinajstić information content (AvgIpc) is 3.38. The molecule has 1 fully saturated rings. The fourth-order valence-electron chi connectivity index (χ4n) is 3.00. The van der Waals surface area contributed by atoms with Gasteiger partial charge in [0.2, 0.25) is 5.95 Å². The van der Waals surface area contributed by atoms with Gasteiger partial charge in [-0.3, -0.25) is 0 Å². The normalized spacial score (nSPS) is 13.6. The molecule has 2 aromatic heterocycles. The fraction of sp³-hybridized carbons (Fsp3) is 0.350. The third kappa shape index (κ3) is 4.02. The Labute approximate surface area is 153 Å². The Hall–Kier alpha value is -2.89. The summed E-state index contributed by atoms with van der Waals surface area (Å²) in [4.78, 5) is 11.3. The second-order valence-electron chi connectivity index (χ2n) is 6.77. The summed E-state index contributed by atoms with van der Waals surface area (Å²) in [5.74, 6) is 2.43. The highest BCUT2D eigenvalue weighted by Gasteiger charge is 2.24. The molecule has 1 N–H and O–H groups in total. The molecule has 6 heteroatoms. The summed E-state index contributed by atoms with van der Waals surface area (Å²) in [5.41, 5.74) is 1.94. The van der Waals surface area contributed by atoms with Crippen molar-refractivity contribution < 1.29 is 0 Å². The summed E-state index contributed by atoms with van der Waals surface area (Å²) in [6.07, 6.45) is 7.39. The van der Waals surface area contributed by atoms with E-state index >= 15 is 0 Å². The van der Waals surface area contributed by atoms with Crippen molar-refractivity contribution in [3.8, 4) is 5.69 Å². The van der Waals surface area contributed by atoms with Crippen LogP contribution in [-0.4, -0.2) is 32.8 Å². The molecule has 6 nitrogen and oxygen atoms in total. The van der Waals surface area contributed by atoms with E-state index in [9.17, 15) is 0 Å². The fourth-order valence-corrected chi connectivity index (χ4v) is 3.00. The first-order chi connectivity index (χ1) is 12.8. The average molecular weight is 348 g/mol. The second kappa shape index (κ2) is 7.56. The molecule has 0 saturated heterocycles. The largest absolute Gasteiger partial charge is 0.356 e. The molecule has 26 heavy (non-hydrogen) atoms. The Kier molecular flexibility index (Phi) is 4.82. The lowest BCUT2D eigenvalue weighted by molar-refractivity contribution is 0.698. The zero-order valence-corrected chi connectivity index (χ0v) is 15.0. The standard InChI is InChI=1S/C20H24N6/c1-2-12-25(14-16-8-9-16)19-13-18(10-11-21-19)26-15-22-20(24-26)23-17-6-4-3-5-7-17/h3-7,10-11,13,15-16H,2,8-9,12,14H2,1H3,(H,23,24). The zero-order valence-electron chi connectivity index (χ0n) is 15.0. The number of aromatic nitrogens is 4. The lowest BCUT2D eigenvalue weighted by Gasteiger charge is -2.23. The third-order valence-corrected chi connectivity index (χ3v) is 4.51. The van der Waals surface area contributed by atoms with Crippen molar-refractivity contribution in [2.45, 2.75) is 26.2 Å². The number of para-hydroxylation sites is 1. The van der Waals surface area contributed by atoms with Crippen LogP contribution in [0, 0.1) is 5.92 Å². The van der Waals surface area contributed by atoms with Crippen LogP contribution in [0.4, 0.5) is 17.5 Å². The lowest BCUT2D eigenvalue weighted by Crippen LogP contribution is -2.27. The summed E-state index contributed by atoms with van der Waals surface area (Å²) in [7, 11) is 0. The maximum Gasteiger partial charge on any atom is 0.246 e. The molecule has 0 radical (unpaired) electrons. The van der Waals surface area contributed by atoms with E-state index in [1.54, 1.807) is 11.0 Å². The summed E-state index contributed by atoms with van der Waals surface area (Å²) in [5, 5.41) is 7.76. The number of nitrogens with zero attached hydrogens (tertiary/aromatic N) is 5. The van der Waals surface area contributed by atoms with Crippen molar-refractivity contribution in [3.05, 3.63) is 55.0 Å². The lowest BCUT2D eigenvalue weighted by atomic mass is 10.3. The van der Waals surface area contributed by atoms with E-state index in [1.165, 1.54) is 12.8 Å². The smallest absolute Gasteiger partial charge is 0.246 e. The van der Waals surface area contributed by atoms with Crippen LogP contribution >= 0.6 is 0 Å². The van der Waals surface area contributed by atoms with Gasteiger partial charge < -0.3 is 10.2 Å². The number of hydrogen-bond donors (Lipinski definition) is 1. The second-order valence-corrected chi connectivity index (χ2v) is 6.77. The van der Waals surface area contributed by atoms with Crippen LogP contribution in [0.5, 0.6) is 0 Å². The summed E-state index contributed by atoms with van der Waals surface area (Å²) in [6, 6.07) is 14.0. The van der Waals surface area contributed by atoms with Crippen molar-refractivity contribution in [1.29, 1.82) is 0 Å². The quantitative estimate of drug-likeness (QED) is 0.666. The van der Waals surface area contributed by atoms with Crippen molar-refractivity contribution in [2.75, 3.05) is 23.3 Å². The zero-order chi connectivity index (χ0) is 17.8. The number of rotatable bonds is 8. The molecule has 1 aliphatic carbocycles. The van der Waals surface area contributed by atoms with Gasteiger partial charge in [-0.25, -0.2) is 9.67 Å². The van der Waals surface area contributed by atoms with Crippen molar-refractivity contribution in [3.63, 3.8) is 0 Å². The van der Waals surface area contributed by atoms with E-state index < -0.39 is 0 Å². The number of hydrogen-bond acceptors (Lipinski definition) is 5. The van der Waals surface area contributed by atoms with E-state index in [0.717, 1.165) is 42.6 Å². The van der Waals surface area contributed by atoms with Gasteiger partial charge in [0, 0.05) is 31.0 Å². The molecule has 3 aromatic rings. The van der Waals surface area contributed by atoms with E-state index in [2.05, 4.69) is 38.3 Å². The predicted molar refractivity (Wildman–Crippen MR) is 104 cm³/mol. The summed E-state index contributed by atoms with van der Waals surface area (Å²) < 4.78 is 1.79. The molecule has 0 bridgehead atoms. The van der Waals surface area contributed by atoms with Crippen LogP contribution < -0.4 is 10.2 Å². The predicted octanol–water partition coefficient (Wildman–Crippen LogP) is 4.03. The highest BCUT2D eigenvalue weighted by atomic mass is 15.4. The van der Waals surface area contributed by atoms with Gasteiger partial charge in [-0.15, -0.1) is 5.10 Å². The van der Waals surface area contributed by atoms with Gasteiger partial charge in [-0.2, -0.15) is 4.98 Å². The first-order valence-corrected chi connectivity index (χ1v) is 9.27. The molecule has 1 aliphatic rings. The molecule has 134 valence electrons. The van der Waals surface area contributed by atoms with Crippen LogP contribution in [0.15, 0.2) is 55.0 Å². The molecule has 1 aromatic carbocycles. The Morgan fingerprint density at radius 3 is 2.77 bits per heavy atom. The van der Waals surface area contributed by atoms with Crippen LogP contribution in [0.1, 0.15) is 26.2 Å². The highest BCUT2D eigenvalue weighted by molar-refractivity contribution is 5.53. The molecule has 0 atom stereocenters. The van der Waals surface area contributed by atoms with E-state index in [0.29, 0.717) is 5.95 Å². The first-order valence-electron chi connectivity index (χ1n) is 9.27. The minimum Gasteiger partial charge on any atom is -0.356 e. The van der Waals surface area contributed by atoms with Gasteiger partial charge in [0.1, 0.15) is 12.1 Å². The molecule has 0 aliphatic heterocycles. The van der Waals surface area contributed by atoms with Gasteiger partial charge in [-0.1, -0.05) is 25.1 Å². The van der Waals surface area contributed by atoms with Crippen LogP contribution in [0.2, 0.25) is 0 Å². The molecule has 2 heterocycles. The number of nitrogens with one attached hydrogen (secondary N) is 1. The van der Waals surface area contributed by atoms with Crippen molar-refractivity contribution >= 4 is 17.5 Å². The Bertz CT molecular complexity index is 840. The van der Waals surface area contributed by atoms with E-state index in [1.807, 2.05) is 42.6 Å². The van der Waals surface area contributed by atoms with Gasteiger partial charge in [-0.05, 0) is 43.4 Å². The van der Waals surface area contributed by atoms with Crippen LogP contribution in [-0.2, 0) is 0 Å².